The van der Waals surface area contributed by atoms with Crippen LogP contribution in [0.5, 0.6) is 0 Å². The highest BCUT2D eigenvalue weighted by Gasteiger charge is 1.98. The van der Waals surface area contributed by atoms with Crippen LogP contribution in [0.4, 0.5) is 0 Å². The Morgan fingerprint density at radius 3 is 2.92 bits per heavy atom. The minimum atomic E-state index is 0.249. The molecule has 3 nitrogen and oxygen atoms in total. The average Bonchev–Trinajstić information content (AvgIpc) is 2.03. The average molecular weight is 182 g/mol. The fraction of sp³-hybridized carbons (Fsp3) is 0.700. The molecule has 0 spiro atoms. The normalized spacial score (nSPS) is 12.1. The molecule has 0 bridgehead atoms. The second-order valence-electron chi connectivity index (χ2n) is 3.23. The second-order valence-corrected chi connectivity index (χ2v) is 3.23. The van der Waals surface area contributed by atoms with Crippen LogP contribution in [0.3, 0.4) is 0 Å². The van der Waals surface area contributed by atoms with E-state index in [-0.39, 0.29) is 6.04 Å². The monoisotopic (exact) mass is 182 g/mol. The predicted octanol–water partition coefficient (Wildman–Crippen LogP) is 1.47. The van der Waals surface area contributed by atoms with Crippen molar-refractivity contribution in [3.05, 3.63) is 12.2 Å². The van der Waals surface area contributed by atoms with Crippen LogP contribution in [0.1, 0.15) is 20.3 Å². The first-order valence-corrected chi connectivity index (χ1v) is 4.49. The molecule has 74 valence electrons. The standard InChI is InChI=1S/C10H18N2O/c1-9(2)8-13-7-6-12-10(3)4-5-11/h10,12H,1,4,6-8H2,2-3H3. The Morgan fingerprint density at radius 2 is 2.38 bits per heavy atom. The number of nitrogens with zero attached hydrogens (tertiary/aromatic N) is 1. The van der Waals surface area contributed by atoms with Gasteiger partial charge in [0.15, 0.2) is 0 Å². The van der Waals surface area contributed by atoms with E-state index in [1.807, 2.05) is 13.8 Å². The molecule has 1 N–H and O–H groups in total. The number of ether oxygens (including phenoxy) is 1. The number of nitrogens with one attached hydrogen (secondary N) is 1. The van der Waals surface area contributed by atoms with Gasteiger partial charge in [-0.3, -0.25) is 0 Å². The van der Waals surface area contributed by atoms with Gasteiger partial charge in [-0.25, -0.2) is 0 Å². The zero-order valence-corrected chi connectivity index (χ0v) is 8.47. The van der Waals surface area contributed by atoms with E-state index in [0.29, 0.717) is 19.6 Å². The van der Waals surface area contributed by atoms with Crippen molar-refractivity contribution in [1.82, 2.24) is 5.32 Å². The van der Waals surface area contributed by atoms with Crippen molar-refractivity contribution in [2.45, 2.75) is 26.3 Å². The second kappa shape index (κ2) is 7.78. The molecular weight excluding hydrogens is 164 g/mol. The van der Waals surface area contributed by atoms with Gasteiger partial charge in [0.05, 0.1) is 25.7 Å². The molecular formula is C10H18N2O. The SMILES string of the molecule is C=C(C)COCCNC(C)CC#N. The smallest absolute Gasteiger partial charge is 0.0672 e. The molecule has 0 aliphatic heterocycles. The Labute approximate surface area is 80.4 Å². The number of hydrogen-bond acceptors (Lipinski definition) is 3. The maximum Gasteiger partial charge on any atom is 0.0672 e. The van der Waals surface area contributed by atoms with Crippen LogP contribution in [0.25, 0.3) is 0 Å². The van der Waals surface area contributed by atoms with Gasteiger partial charge in [-0.2, -0.15) is 5.26 Å². The Kier molecular flexibility index (Phi) is 7.27. The van der Waals surface area contributed by atoms with Gasteiger partial charge < -0.3 is 10.1 Å². The lowest BCUT2D eigenvalue weighted by Crippen LogP contribution is -2.29. The zero-order valence-electron chi connectivity index (χ0n) is 8.47. The largest absolute Gasteiger partial charge is 0.376 e. The van der Waals surface area contributed by atoms with Crippen molar-refractivity contribution in [3.63, 3.8) is 0 Å². The van der Waals surface area contributed by atoms with Crippen LogP contribution >= 0.6 is 0 Å². The highest BCUT2D eigenvalue weighted by molar-refractivity contribution is 4.87. The first kappa shape index (κ1) is 12.2. The van der Waals surface area contributed by atoms with Gasteiger partial charge in [-0.1, -0.05) is 12.2 Å². The third-order valence-corrected chi connectivity index (χ3v) is 1.49. The molecule has 0 saturated heterocycles. The summed E-state index contributed by atoms with van der Waals surface area (Å²) in [6.45, 7) is 9.73. The summed E-state index contributed by atoms with van der Waals surface area (Å²) in [7, 11) is 0. The Hall–Kier alpha value is -0.850. The highest BCUT2D eigenvalue weighted by Crippen LogP contribution is 1.89. The molecule has 0 fully saturated rings. The van der Waals surface area contributed by atoms with Crippen molar-refractivity contribution in [2.24, 2.45) is 0 Å². The van der Waals surface area contributed by atoms with Crippen molar-refractivity contribution in [3.8, 4) is 6.07 Å². The van der Waals surface area contributed by atoms with Crippen LogP contribution in [-0.4, -0.2) is 25.8 Å². The van der Waals surface area contributed by atoms with E-state index in [1.54, 1.807) is 0 Å². The first-order chi connectivity index (χ1) is 6.16. The topological polar surface area (TPSA) is 45.0 Å². The molecule has 13 heavy (non-hydrogen) atoms. The molecule has 0 amide bonds. The molecule has 0 aliphatic carbocycles. The van der Waals surface area contributed by atoms with Gasteiger partial charge in [0.25, 0.3) is 0 Å². The van der Waals surface area contributed by atoms with Gasteiger partial charge in [-0.05, 0) is 13.8 Å². The van der Waals surface area contributed by atoms with E-state index in [4.69, 9.17) is 10.00 Å². The summed E-state index contributed by atoms with van der Waals surface area (Å²) in [5.41, 5.74) is 1.03. The Bertz CT molecular complexity index is 184. The van der Waals surface area contributed by atoms with Crippen molar-refractivity contribution in [2.75, 3.05) is 19.8 Å². The lowest BCUT2D eigenvalue weighted by atomic mass is 10.2. The summed E-state index contributed by atoms with van der Waals surface area (Å²) in [4.78, 5) is 0. The fourth-order valence-corrected chi connectivity index (χ4v) is 0.833. The van der Waals surface area contributed by atoms with E-state index in [0.717, 1.165) is 12.1 Å². The Morgan fingerprint density at radius 1 is 1.69 bits per heavy atom. The third kappa shape index (κ3) is 9.06. The van der Waals surface area contributed by atoms with Gasteiger partial charge in [0.1, 0.15) is 0 Å². The molecule has 0 aromatic heterocycles. The number of rotatable bonds is 7. The maximum absolute atomic E-state index is 8.38. The summed E-state index contributed by atoms with van der Waals surface area (Å²) < 4.78 is 5.28. The molecule has 0 aromatic carbocycles. The summed E-state index contributed by atoms with van der Waals surface area (Å²) >= 11 is 0. The van der Waals surface area contributed by atoms with Crippen LogP contribution in [0.2, 0.25) is 0 Å². The molecule has 3 heteroatoms. The van der Waals surface area contributed by atoms with Crippen LogP contribution < -0.4 is 5.32 Å². The van der Waals surface area contributed by atoms with Crippen molar-refractivity contribution < 1.29 is 4.74 Å². The number of hydrogen-bond donors (Lipinski definition) is 1. The third-order valence-electron chi connectivity index (χ3n) is 1.49. The van der Waals surface area contributed by atoms with Gasteiger partial charge in [0, 0.05) is 12.6 Å². The summed E-state index contributed by atoms with van der Waals surface area (Å²) in [5, 5.41) is 11.6. The molecule has 0 heterocycles. The Balaban J connectivity index is 3.16. The maximum atomic E-state index is 8.38. The van der Waals surface area contributed by atoms with Gasteiger partial charge in [-0.15, -0.1) is 0 Å². The lowest BCUT2D eigenvalue weighted by molar-refractivity contribution is 0.156. The van der Waals surface area contributed by atoms with Crippen LogP contribution in [-0.2, 0) is 4.74 Å². The lowest BCUT2D eigenvalue weighted by Gasteiger charge is -2.09. The number of nitriles is 1. The molecule has 0 aliphatic rings. The molecule has 0 radical (unpaired) electrons. The van der Waals surface area contributed by atoms with Crippen LogP contribution in [0, 0.1) is 11.3 Å². The predicted molar refractivity (Wildman–Crippen MR) is 53.3 cm³/mol. The van der Waals surface area contributed by atoms with E-state index in [1.165, 1.54) is 0 Å². The van der Waals surface area contributed by atoms with Crippen molar-refractivity contribution >= 4 is 0 Å². The molecule has 0 aromatic rings. The van der Waals surface area contributed by atoms with Gasteiger partial charge in [0.2, 0.25) is 0 Å². The minimum absolute atomic E-state index is 0.249. The highest BCUT2D eigenvalue weighted by atomic mass is 16.5. The van der Waals surface area contributed by atoms with E-state index < -0.39 is 0 Å². The molecule has 1 unspecified atom stereocenters. The molecule has 1 atom stereocenters. The molecule has 0 rings (SSSR count). The molecule has 0 saturated carbocycles. The summed E-state index contributed by atoms with van der Waals surface area (Å²) in [6, 6.07) is 2.36. The van der Waals surface area contributed by atoms with E-state index in [2.05, 4.69) is 18.0 Å². The van der Waals surface area contributed by atoms with E-state index >= 15 is 0 Å². The van der Waals surface area contributed by atoms with Crippen molar-refractivity contribution in [1.29, 1.82) is 5.26 Å². The van der Waals surface area contributed by atoms with E-state index in [9.17, 15) is 0 Å². The van der Waals surface area contributed by atoms with Gasteiger partial charge >= 0.3 is 0 Å². The summed E-state index contributed by atoms with van der Waals surface area (Å²) in [5.74, 6) is 0. The quantitative estimate of drug-likeness (QED) is 0.479. The first-order valence-electron chi connectivity index (χ1n) is 4.49. The van der Waals surface area contributed by atoms with Crippen LogP contribution in [0.15, 0.2) is 12.2 Å². The summed E-state index contributed by atoms with van der Waals surface area (Å²) in [6.07, 6.45) is 0.542. The zero-order chi connectivity index (χ0) is 10.1. The fourth-order valence-electron chi connectivity index (χ4n) is 0.833. The minimum Gasteiger partial charge on any atom is -0.376 e.